The van der Waals surface area contributed by atoms with E-state index >= 15 is 0 Å². The van der Waals surface area contributed by atoms with Crippen LogP contribution in [0.3, 0.4) is 0 Å². The summed E-state index contributed by atoms with van der Waals surface area (Å²) in [5, 5.41) is 8.81. The third kappa shape index (κ3) is 2.46. The number of carbonyl (C=O) groups excluding carboxylic acids is 1. The number of rotatable bonds is 5. The van der Waals surface area contributed by atoms with Gasteiger partial charge in [-0.3, -0.25) is 4.79 Å². The third-order valence-corrected chi connectivity index (χ3v) is 3.11. The molecule has 0 unspecified atom stereocenters. The molecule has 0 heterocycles. The molecule has 0 atom stereocenters. The lowest BCUT2D eigenvalue weighted by atomic mass is 10.4. The van der Waals surface area contributed by atoms with Crippen LogP contribution >= 0.6 is 0 Å². The summed E-state index contributed by atoms with van der Waals surface area (Å²) in [7, 11) is 0. The number of amides is 2. The predicted octanol–water partition coefficient (Wildman–Crippen LogP) is 1.14. The minimum Gasteiger partial charge on any atom is -0.480 e. The summed E-state index contributed by atoms with van der Waals surface area (Å²) in [5.41, 5.74) is 0. The van der Waals surface area contributed by atoms with Gasteiger partial charge in [-0.15, -0.1) is 0 Å². The van der Waals surface area contributed by atoms with Crippen molar-refractivity contribution in [1.29, 1.82) is 0 Å². The molecule has 1 N–H and O–H groups in total. The highest BCUT2D eigenvalue weighted by atomic mass is 16.4. The molecule has 2 aliphatic carbocycles. The molecule has 0 aromatic rings. The van der Waals surface area contributed by atoms with Crippen LogP contribution in [0.4, 0.5) is 4.79 Å². The van der Waals surface area contributed by atoms with Gasteiger partial charge in [-0.05, 0) is 32.6 Å². The van der Waals surface area contributed by atoms with Crippen LogP contribution in [0, 0.1) is 0 Å². The van der Waals surface area contributed by atoms with Gasteiger partial charge in [0.1, 0.15) is 6.54 Å². The van der Waals surface area contributed by atoms with Gasteiger partial charge in [-0.2, -0.15) is 0 Å². The van der Waals surface area contributed by atoms with Crippen LogP contribution < -0.4 is 0 Å². The standard InChI is InChI=1S/C11H18N2O3/c1-2-12(8-3-4-8)11(16)13(7-10(14)15)9-5-6-9/h8-9H,2-7H2,1H3,(H,14,15). The van der Waals surface area contributed by atoms with Gasteiger partial charge in [0.2, 0.25) is 0 Å². The first-order valence-electron chi connectivity index (χ1n) is 5.92. The summed E-state index contributed by atoms with van der Waals surface area (Å²) in [4.78, 5) is 26.2. The molecule has 5 heteroatoms. The van der Waals surface area contributed by atoms with E-state index in [1.54, 1.807) is 4.90 Å². The van der Waals surface area contributed by atoms with E-state index in [2.05, 4.69) is 0 Å². The normalized spacial score (nSPS) is 19.3. The molecular formula is C11H18N2O3. The second-order valence-electron chi connectivity index (χ2n) is 4.55. The van der Waals surface area contributed by atoms with E-state index in [4.69, 9.17) is 5.11 Å². The van der Waals surface area contributed by atoms with Crippen molar-refractivity contribution in [2.24, 2.45) is 0 Å². The van der Waals surface area contributed by atoms with Crippen molar-refractivity contribution < 1.29 is 14.7 Å². The van der Waals surface area contributed by atoms with Crippen LogP contribution in [0.2, 0.25) is 0 Å². The first-order chi connectivity index (χ1) is 7.63. The van der Waals surface area contributed by atoms with Gasteiger partial charge in [0, 0.05) is 18.6 Å². The molecule has 2 aliphatic rings. The number of nitrogens with zero attached hydrogens (tertiary/aromatic N) is 2. The first-order valence-corrected chi connectivity index (χ1v) is 5.92. The van der Waals surface area contributed by atoms with E-state index in [-0.39, 0.29) is 18.6 Å². The molecule has 0 aliphatic heterocycles. The second-order valence-corrected chi connectivity index (χ2v) is 4.55. The van der Waals surface area contributed by atoms with Crippen molar-refractivity contribution in [3.8, 4) is 0 Å². The van der Waals surface area contributed by atoms with Crippen LogP contribution in [-0.2, 0) is 4.79 Å². The number of aliphatic carboxylic acids is 1. The van der Waals surface area contributed by atoms with Crippen LogP contribution in [-0.4, -0.2) is 52.1 Å². The maximum absolute atomic E-state index is 12.2. The first kappa shape index (κ1) is 11.2. The molecule has 16 heavy (non-hydrogen) atoms. The zero-order chi connectivity index (χ0) is 11.7. The van der Waals surface area contributed by atoms with E-state index in [1.807, 2.05) is 6.92 Å². The number of urea groups is 1. The lowest BCUT2D eigenvalue weighted by molar-refractivity contribution is -0.137. The number of carboxylic acid groups (broad SMARTS) is 1. The SMILES string of the molecule is CCN(C(=O)N(CC(=O)O)C1CC1)C1CC1. The summed E-state index contributed by atoms with van der Waals surface area (Å²) in [6.07, 6.45) is 4.01. The molecular weight excluding hydrogens is 208 g/mol. The zero-order valence-electron chi connectivity index (χ0n) is 9.56. The Hall–Kier alpha value is -1.26. The van der Waals surface area contributed by atoms with Gasteiger partial charge < -0.3 is 14.9 Å². The molecule has 0 aromatic heterocycles. The quantitative estimate of drug-likeness (QED) is 0.764. The Balaban J connectivity index is 1.99. The Morgan fingerprint density at radius 1 is 1.12 bits per heavy atom. The minimum atomic E-state index is -0.924. The Bertz CT molecular complexity index is 298. The Morgan fingerprint density at radius 3 is 2.00 bits per heavy atom. The number of hydrogen-bond donors (Lipinski definition) is 1. The van der Waals surface area contributed by atoms with Gasteiger partial charge >= 0.3 is 12.0 Å². The molecule has 0 saturated heterocycles. The summed E-state index contributed by atoms with van der Waals surface area (Å²) in [6, 6.07) is 0.429. The molecule has 0 bridgehead atoms. The largest absolute Gasteiger partial charge is 0.480 e. The van der Waals surface area contributed by atoms with Gasteiger partial charge in [-0.25, -0.2) is 4.79 Å². The Labute approximate surface area is 95.0 Å². The maximum atomic E-state index is 12.2. The molecule has 90 valence electrons. The van der Waals surface area contributed by atoms with Crippen LogP contribution in [0.1, 0.15) is 32.6 Å². The highest BCUT2D eigenvalue weighted by Crippen LogP contribution is 2.31. The molecule has 0 spiro atoms. The number of carbonyl (C=O) groups is 2. The molecule has 2 fully saturated rings. The van der Waals surface area contributed by atoms with E-state index in [1.165, 1.54) is 4.90 Å². The lowest BCUT2D eigenvalue weighted by Gasteiger charge is -2.29. The molecule has 5 nitrogen and oxygen atoms in total. The van der Waals surface area contributed by atoms with Crippen molar-refractivity contribution >= 4 is 12.0 Å². The van der Waals surface area contributed by atoms with Crippen molar-refractivity contribution in [3.05, 3.63) is 0 Å². The van der Waals surface area contributed by atoms with Gasteiger partial charge in [-0.1, -0.05) is 0 Å². The number of hydrogen-bond acceptors (Lipinski definition) is 2. The minimum absolute atomic E-state index is 0.0881. The van der Waals surface area contributed by atoms with Crippen molar-refractivity contribution in [2.45, 2.75) is 44.7 Å². The third-order valence-electron chi connectivity index (χ3n) is 3.11. The second kappa shape index (κ2) is 4.31. The molecule has 0 aromatic carbocycles. The fourth-order valence-corrected chi connectivity index (χ4v) is 1.99. The van der Waals surface area contributed by atoms with E-state index in [0.717, 1.165) is 25.7 Å². The summed E-state index contributed by atoms with van der Waals surface area (Å²) >= 11 is 0. The fraction of sp³-hybridized carbons (Fsp3) is 0.818. The maximum Gasteiger partial charge on any atom is 0.323 e. The van der Waals surface area contributed by atoms with E-state index < -0.39 is 5.97 Å². The predicted molar refractivity (Wildman–Crippen MR) is 58.2 cm³/mol. The van der Waals surface area contributed by atoms with Crippen LogP contribution in [0.25, 0.3) is 0 Å². The number of carboxylic acids is 1. The van der Waals surface area contributed by atoms with Gasteiger partial charge in [0.15, 0.2) is 0 Å². The monoisotopic (exact) mass is 226 g/mol. The fourth-order valence-electron chi connectivity index (χ4n) is 1.99. The summed E-state index contributed by atoms with van der Waals surface area (Å²) in [5.74, 6) is -0.924. The van der Waals surface area contributed by atoms with Gasteiger partial charge in [0.05, 0.1) is 0 Å². The van der Waals surface area contributed by atoms with Crippen molar-refractivity contribution in [2.75, 3.05) is 13.1 Å². The van der Waals surface area contributed by atoms with Crippen molar-refractivity contribution in [3.63, 3.8) is 0 Å². The zero-order valence-corrected chi connectivity index (χ0v) is 9.56. The molecule has 2 saturated carbocycles. The molecule has 0 radical (unpaired) electrons. The van der Waals surface area contributed by atoms with E-state index in [9.17, 15) is 9.59 Å². The Kier molecular flexibility index (Phi) is 3.03. The van der Waals surface area contributed by atoms with Crippen LogP contribution in [0.15, 0.2) is 0 Å². The Morgan fingerprint density at radius 2 is 1.62 bits per heavy atom. The molecule has 2 amide bonds. The summed E-state index contributed by atoms with van der Waals surface area (Å²) < 4.78 is 0. The lowest BCUT2D eigenvalue weighted by Crippen LogP contribution is -2.47. The molecule has 2 rings (SSSR count). The average molecular weight is 226 g/mol. The van der Waals surface area contributed by atoms with Gasteiger partial charge in [0.25, 0.3) is 0 Å². The smallest absolute Gasteiger partial charge is 0.323 e. The topological polar surface area (TPSA) is 60.9 Å². The average Bonchev–Trinajstić information content (AvgIpc) is 3.06. The highest BCUT2D eigenvalue weighted by molar-refractivity contribution is 5.81. The van der Waals surface area contributed by atoms with E-state index in [0.29, 0.717) is 12.6 Å². The highest BCUT2D eigenvalue weighted by Gasteiger charge is 2.39. The summed E-state index contributed by atoms with van der Waals surface area (Å²) in [6.45, 7) is 2.46. The van der Waals surface area contributed by atoms with Crippen LogP contribution in [0.5, 0.6) is 0 Å². The van der Waals surface area contributed by atoms with Crippen molar-refractivity contribution in [1.82, 2.24) is 9.80 Å².